The van der Waals surface area contributed by atoms with Crippen LogP contribution in [-0.2, 0) is 9.59 Å². The molecule has 4 nitrogen and oxygen atoms in total. The van der Waals surface area contributed by atoms with Gasteiger partial charge in [-0.25, -0.2) is 0 Å². The third kappa shape index (κ3) is 3.87. The molecule has 0 radical (unpaired) electrons. The van der Waals surface area contributed by atoms with Crippen molar-refractivity contribution in [1.29, 1.82) is 0 Å². The lowest BCUT2D eigenvalue weighted by molar-refractivity contribution is -0.132. The zero-order chi connectivity index (χ0) is 16.3. The third-order valence-electron chi connectivity index (χ3n) is 4.44. The van der Waals surface area contributed by atoms with Gasteiger partial charge in [0.25, 0.3) is 0 Å². The van der Waals surface area contributed by atoms with Crippen LogP contribution in [0.25, 0.3) is 0 Å². The normalized spacial score (nSPS) is 19.6. The molecule has 1 N–H and O–H groups in total. The number of amides is 2. The fourth-order valence-electron chi connectivity index (χ4n) is 2.60. The Morgan fingerprint density at radius 1 is 1.23 bits per heavy atom. The number of carbonyl (C=O) groups excluding carboxylic acids is 2. The van der Waals surface area contributed by atoms with Crippen LogP contribution in [0.3, 0.4) is 0 Å². The van der Waals surface area contributed by atoms with Crippen molar-refractivity contribution in [3.8, 4) is 0 Å². The molecule has 0 bridgehead atoms. The van der Waals surface area contributed by atoms with Crippen LogP contribution in [0.1, 0.15) is 37.3 Å². The van der Waals surface area contributed by atoms with Gasteiger partial charge in [0.15, 0.2) is 0 Å². The van der Waals surface area contributed by atoms with Crippen molar-refractivity contribution in [2.45, 2.75) is 40.0 Å². The lowest BCUT2D eigenvalue weighted by Crippen LogP contribution is -2.30. The first-order valence-electron chi connectivity index (χ1n) is 8.07. The van der Waals surface area contributed by atoms with Crippen LogP contribution < -0.4 is 5.32 Å². The van der Waals surface area contributed by atoms with Crippen molar-refractivity contribution < 1.29 is 9.59 Å². The average Bonchev–Trinajstić information content (AvgIpc) is 3.28. The highest BCUT2D eigenvalue weighted by molar-refractivity contribution is 5.99. The van der Waals surface area contributed by atoms with Crippen molar-refractivity contribution in [1.82, 2.24) is 4.90 Å². The van der Waals surface area contributed by atoms with E-state index in [1.165, 1.54) is 5.56 Å². The first kappa shape index (κ1) is 16.5. The number of aryl methyl sites for hydroxylation is 2. The Morgan fingerprint density at radius 2 is 1.95 bits per heavy atom. The van der Waals surface area contributed by atoms with E-state index in [0.29, 0.717) is 6.42 Å². The molecule has 0 aromatic heterocycles. The molecule has 1 aliphatic carbocycles. The number of hydrogen-bond acceptors (Lipinski definition) is 2. The summed E-state index contributed by atoms with van der Waals surface area (Å²) >= 11 is 0. The minimum Gasteiger partial charge on any atom is -0.346 e. The van der Waals surface area contributed by atoms with Gasteiger partial charge in [0.05, 0.1) is 11.8 Å². The molecule has 2 atom stereocenters. The van der Waals surface area contributed by atoms with Gasteiger partial charge < -0.3 is 10.2 Å². The van der Waals surface area contributed by atoms with Crippen molar-refractivity contribution >= 4 is 17.5 Å². The summed E-state index contributed by atoms with van der Waals surface area (Å²) in [6, 6.07) is 5.88. The zero-order valence-electron chi connectivity index (χ0n) is 14.0. The molecule has 1 aliphatic rings. The van der Waals surface area contributed by atoms with Gasteiger partial charge in [-0.05, 0) is 49.9 Å². The fraction of sp³-hybridized carbons (Fsp3) is 0.556. The van der Waals surface area contributed by atoms with E-state index in [-0.39, 0.29) is 23.7 Å². The van der Waals surface area contributed by atoms with Crippen molar-refractivity contribution in [2.24, 2.45) is 11.8 Å². The van der Waals surface area contributed by atoms with Crippen LogP contribution in [-0.4, -0.2) is 30.3 Å². The summed E-state index contributed by atoms with van der Waals surface area (Å²) in [4.78, 5) is 26.2. The smallest absolute Gasteiger partial charge is 0.228 e. The molecule has 0 heterocycles. The van der Waals surface area contributed by atoms with E-state index in [4.69, 9.17) is 0 Å². The molecule has 4 heteroatoms. The molecular formula is C18H26N2O2. The Hall–Kier alpha value is -1.84. The van der Waals surface area contributed by atoms with Crippen molar-refractivity contribution in [3.05, 3.63) is 29.3 Å². The van der Waals surface area contributed by atoms with E-state index < -0.39 is 0 Å². The van der Waals surface area contributed by atoms with Gasteiger partial charge in [0.1, 0.15) is 0 Å². The quantitative estimate of drug-likeness (QED) is 0.877. The minimum atomic E-state index is -0.168. The Labute approximate surface area is 132 Å². The summed E-state index contributed by atoms with van der Waals surface area (Å²) in [5, 5.41) is 2.93. The maximum absolute atomic E-state index is 12.2. The van der Waals surface area contributed by atoms with Gasteiger partial charge in [-0.1, -0.05) is 19.4 Å². The molecule has 1 aromatic rings. The number of nitrogens with zero attached hydrogens (tertiary/aromatic N) is 1. The van der Waals surface area contributed by atoms with Crippen LogP contribution >= 0.6 is 0 Å². The van der Waals surface area contributed by atoms with Gasteiger partial charge in [-0.2, -0.15) is 0 Å². The number of unbranched alkanes of at least 4 members (excludes halogenated alkanes) is 1. The minimum absolute atomic E-state index is 0.0366. The second-order valence-corrected chi connectivity index (χ2v) is 6.35. The van der Waals surface area contributed by atoms with Gasteiger partial charge in [-0.15, -0.1) is 0 Å². The van der Waals surface area contributed by atoms with Gasteiger partial charge >= 0.3 is 0 Å². The summed E-state index contributed by atoms with van der Waals surface area (Å²) in [6.45, 7) is 6.95. The Bertz CT molecular complexity index is 568. The summed E-state index contributed by atoms with van der Waals surface area (Å²) < 4.78 is 0. The number of hydrogen-bond donors (Lipinski definition) is 1. The number of anilines is 1. The molecular weight excluding hydrogens is 276 g/mol. The molecule has 120 valence electrons. The topological polar surface area (TPSA) is 49.4 Å². The molecule has 0 aliphatic heterocycles. The fourth-order valence-corrected chi connectivity index (χ4v) is 2.60. The number of benzene rings is 1. The Morgan fingerprint density at radius 3 is 2.59 bits per heavy atom. The van der Waals surface area contributed by atoms with Gasteiger partial charge in [0.2, 0.25) is 11.8 Å². The summed E-state index contributed by atoms with van der Waals surface area (Å²) in [5.41, 5.74) is 3.17. The average molecular weight is 302 g/mol. The summed E-state index contributed by atoms with van der Waals surface area (Å²) in [7, 11) is 1.83. The molecule has 1 saturated carbocycles. The highest BCUT2D eigenvalue weighted by Crippen LogP contribution is 2.40. The lowest BCUT2D eigenvalue weighted by atomic mass is 10.1. The summed E-state index contributed by atoms with van der Waals surface area (Å²) in [6.07, 6.45) is 2.75. The van der Waals surface area contributed by atoms with E-state index in [0.717, 1.165) is 30.6 Å². The van der Waals surface area contributed by atoms with Gasteiger partial charge in [-0.3, -0.25) is 9.59 Å². The van der Waals surface area contributed by atoms with Crippen molar-refractivity contribution in [2.75, 3.05) is 18.9 Å². The maximum atomic E-state index is 12.2. The molecule has 2 amide bonds. The third-order valence-corrected chi connectivity index (χ3v) is 4.44. The predicted molar refractivity (Wildman–Crippen MR) is 88.7 cm³/mol. The molecule has 2 rings (SSSR count). The Balaban J connectivity index is 1.87. The van der Waals surface area contributed by atoms with Crippen LogP contribution in [0, 0.1) is 25.7 Å². The van der Waals surface area contributed by atoms with E-state index in [9.17, 15) is 9.59 Å². The van der Waals surface area contributed by atoms with Crippen LogP contribution in [0.5, 0.6) is 0 Å². The zero-order valence-corrected chi connectivity index (χ0v) is 14.0. The summed E-state index contributed by atoms with van der Waals surface area (Å²) in [5.74, 6) is -0.231. The molecule has 2 unspecified atom stereocenters. The van der Waals surface area contributed by atoms with Crippen LogP contribution in [0.2, 0.25) is 0 Å². The largest absolute Gasteiger partial charge is 0.346 e. The Kier molecular flexibility index (Phi) is 5.22. The van der Waals surface area contributed by atoms with Crippen LogP contribution in [0.15, 0.2) is 18.2 Å². The van der Waals surface area contributed by atoms with Crippen LogP contribution in [0.4, 0.5) is 5.69 Å². The second kappa shape index (κ2) is 6.95. The van der Waals surface area contributed by atoms with E-state index in [1.807, 2.05) is 39.1 Å². The second-order valence-electron chi connectivity index (χ2n) is 6.35. The van der Waals surface area contributed by atoms with E-state index in [2.05, 4.69) is 12.2 Å². The van der Waals surface area contributed by atoms with E-state index in [1.54, 1.807) is 4.90 Å². The monoisotopic (exact) mass is 302 g/mol. The molecule has 1 aromatic carbocycles. The standard InChI is InChI=1S/C18H26N2O2/c1-5-6-9-20(4)18(22)16-11-15(16)17(21)19-14-8-7-12(2)13(3)10-14/h7-8,10,15-16H,5-6,9,11H2,1-4H3,(H,19,21). The van der Waals surface area contributed by atoms with Crippen molar-refractivity contribution in [3.63, 3.8) is 0 Å². The highest BCUT2D eigenvalue weighted by Gasteiger charge is 2.48. The molecule has 0 saturated heterocycles. The SMILES string of the molecule is CCCCN(C)C(=O)C1CC1C(=O)Nc1ccc(C)c(C)c1. The van der Waals surface area contributed by atoms with Gasteiger partial charge in [0, 0.05) is 19.3 Å². The highest BCUT2D eigenvalue weighted by atomic mass is 16.2. The van der Waals surface area contributed by atoms with E-state index >= 15 is 0 Å². The number of rotatable bonds is 6. The first-order valence-corrected chi connectivity index (χ1v) is 8.07. The molecule has 22 heavy (non-hydrogen) atoms. The number of carbonyl (C=O) groups is 2. The first-order chi connectivity index (χ1) is 10.4. The number of nitrogens with one attached hydrogen (secondary N) is 1. The lowest BCUT2D eigenvalue weighted by Gasteiger charge is -2.16. The predicted octanol–water partition coefficient (Wildman–Crippen LogP) is 3.14. The molecule has 0 spiro atoms. The molecule has 1 fully saturated rings. The maximum Gasteiger partial charge on any atom is 0.228 e.